The summed E-state index contributed by atoms with van der Waals surface area (Å²) in [5, 5.41) is 0. The summed E-state index contributed by atoms with van der Waals surface area (Å²) in [6.07, 6.45) is 18.5. The van der Waals surface area contributed by atoms with Crippen molar-refractivity contribution in [3.63, 3.8) is 0 Å². The zero-order chi connectivity index (χ0) is 11.2. The van der Waals surface area contributed by atoms with E-state index >= 15 is 0 Å². The topological polar surface area (TPSA) is 0 Å². The van der Waals surface area contributed by atoms with Crippen molar-refractivity contribution in [3.8, 4) is 0 Å². The molecule has 4 rings (SSSR count). The van der Waals surface area contributed by atoms with Gasteiger partial charge in [-0.3, -0.25) is 0 Å². The Labute approximate surface area is 106 Å². The molecule has 0 heteroatoms. The van der Waals surface area contributed by atoms with E-state index in [1.165, 1.54) is 25.7 Å². The van der Waals surface area contributed by atoms with Crippen LogP contribution < -0.4 is 0 Å². The van der Waals surface area contributed by atoms with Gasteiger partial charge in [0.15, 0.2) is 0 Å². The van der Waals surface area contributed by atoms with Gasteiger partial charge in [-0.15, -0.1) is 0 Å². The van der Waals surface area contributed by atoms with E-state index in [1.807, 2.05) is 5.57 Å². The van der Waals surface area contributed by atoms with Crippen LogP contribution in [-0.4, -0.2) is 0 Å². The van der Waals surface area contributed by atoms with Crippen molar-refractivity contribution < 1.29 is 0 Å². The first-order valence-electron chi connectivity index (χ1n) is 7.96. The lowest BCUT2D eigenvalue weighted by atomic mass is 9.56. The predicted molar refractivity (Wildman–Crippen MR) is 71.4 cm³/mol. The van der Waals surface area contributed by atoms with Gasteiger partial charge in [0, 0.05) is 0 Å². The highest BCUT2D eigenvalue weighted by Gasteiger charge is 2.46. The molecule has 5 atom stereocenters. The fourth-order valence-electron chi connectivity index (χ4n) is 5.76. The highest BCUT2D eigenvalue weighted by molar-refractivity contribution is 5.21. The van der Waals surface area contributed by atoms with E-state index in [0.717, 1.165) is 29.6 Å². The molecule has 0 bridgehead atoms. The minimum atomic E-state index is 1.00. The smallest absolute Gasteiger partial charge is 0.0167 e. The summed E-state index contributed by atoms with van der Waals surface area (Å²) in [5.41, 5.74) is 1.83. The van der Waals surface area contributed by atoms with Gasteiger partial charge in [0.25, 0.3) is 0 Å². The Morgan fingerprint density at radius 2 is 1.82 bits per heavy atom. The van der Waals surface area contributed by atoms with Crippen LogP contribution >= 0.6 is 0 Å². The molecule has 0 aromatic heterocycles. The molecular weight excluding hydrogens is 204 g/mol. The van der Waals surface area contributed by atoms with Gasteiger partial charge in [0.2, 0.25) is 0 Å². The van der Waals surface area contributed by atoms with Crippen molar-refractivity contribution in [1.29, 1.82) is 0 Å². The van der Waals surface area contributed by atoms with Crippen molar-refractivity contribution in [2.45, 2.75) is 57.8 Å². The van der Waals surface area contributed by atoms with Crippen molar-refractivity contribution in [3.05, 3.63) is 18.1 Å². The summed E-state index contributed by atoms with van der Waals surface area (Å²) in [6, 6.07) is 0. The van der Waals surface area contributed by atoms with Gasteiger partial charge in [0.1, 0.15) is 0 Å². The molecule has 93 valence electrons. The van der Waals surface area contributed by atoms with E-state index in [-0.39, 0.29) is 0 Å². The summed E-state index contributed by atoms with van der Waals surface area (Å²) in [7, 11) is 0. The lowest BCUT2D eigenvalue weighted by Crippen LogP contribution is -2.40. The molecule has 0 nitrogen and oxygen atoms in total. The molecule has 0 aliphatic heterocycles. The van der Waals surface area contributed by atoms with Crippen LogP contribution in [-0.2, 0) is 0 Å². The van der Waals surface area contributed by atoms with Crippen molar-refractivity contribution in [2.24, 2.45) is 29.6 Å². The molecule has 0 aromatic carbocycles. The first-order chi connectivity index (χ1) is 8.43. The maximum Gasteiger partial charge on any atom is -0.0167 e. The lowest BCUT2D eigenvalue weighted by molar-refractivity contribution is 0.0504. The van der Waals surface area contributed by atoms with Gasteiger partial charge in [-0.25, -0.2) is 0 Å². The van der Waals surface area contributed by atoms with E-state index in [1.54, 1.807) is 32.1 Å². The Balaban J connectivity index is 1.61. The van der Waals surface area contributed by atoms with Gasteiger partial charge in [-0.2, -0.15) is 0 Å². The molecule has 0 spiro atoms. The molecule has 4 aliphatic rings. The third-order valence-corrected chi connectivity index (χ3v) is 6.42. The first kappa shape index (κ1) is 10.6. The lowest BCUT2D eigenvalue weighted by Gasteiger charge is -2.49. The number of allylic oxidation sites excluding steroid dienone is 2. The van der Waals surface area contributed by atoms with Gasteiger partial charge in [0.05, 0.1) is 0 Å². The first-order valence-corrected chi connectivity index (χ1v) is 7.96. The standard InChI is InChI=1S/C17H25/c1-2-6-14-12(4-1)8-10-17-15-7-3-5-13(15)9-11-16(14)17/h1,4,13-17H,2-3,5-11H2. The predicted octanol–water partition coefficient (Wildman–Crippen LogP) is 4.76. The Hall–Kier alpha value is -0.260. The summed E-state index contributed by atoms with van der Waals surface area (Å²) < 4.78 is 0. The second-order valence-corrected chi connectivity index (χ2v) is 6.96. The normalized spacial score (nSPS) is 48.9. The fourth-order valence-corrected chi connectivity index (χ4v) is 5.76. The Bertz CT molecular complexity index is 327. The molecule has 5 unspecified atom stereocenters. The molecule has 0 N–H and O–H groups in total. The van der Waals surface area contributed by atoms with Crippen molar-refractivity contribution in [2.75, 3.05) is 0 Å². The highest BCUT2D eigenvalue weighted by atomic mass is 14.5. The van der Waals surface area contributed by atoms with Crippen LogP contribution in [0.4, 0.5) is 0 Å². The van der Waals surface area contributed by atoms with E-state index < -0.39 is 0 Å². The number of hydrogen-bond acceptors (Lipinski definition) is 0. The Morgan fingerprint density at radius 1 is 0.824 bits per heavy atom. The second kappa shape index (κ2) is 4.14. The van der Waals surface area contributed by atoms with Gasteiger partial charge in [-0.1, -0.05) is 24.5 Å². The van der Waals surface area contributed by atoms with Crippen LogP contribution in [0.15, 0.2) is 11.6 Å². The Kier molecular flexibility index (Phi) is 2.59. The molecule has 0 saturated heterocycles. The Morgan fingerprint density at radius 3 is 2.82 bits per heavy atom. The van der Waals surface area contributed by atoms with Gasteiger partial charge in [-0.05, 0) is 81.0 Å². The monoisotopic (exact) mass is 229 g/mol. The zero-order valence-electron chi connectivity index (χ0n) is 10.9. The number of fused-ring (bicyclic) bond motifs is 5. The molecule has 4 aliphatic carbocycles. The number of rotatable bonds is 0. The molecule has 0 amide bonds. The fraction of sp³-hybridized carbons (Fsp3) is 0.824. The summed E-state index contributed by atoms with van der Waals surface area (Å²) >= 11 is 0. The molecule has 0 heterocycles. The maximum atomic E-state index is 2.49. The number of hydrogen-bond donors (Lipinski definition) is 0. The molecule has 0 aromatic rings. The summed E-state index contributed by atoms with van der Waals surface area (Å²) in [6.45, 7) is 0. The SMILES string of the molecule is [CH]1C=C2CCC3C4CCCC4CCC3C2CC1. The van der Waals surface area contributed by atoms with Crippen LogP contribution in [0.3, 0.4) is 0 Å². The van der Waals surface area contributed by atoms with Crippen molar-refractivity contribution in [1.82, 2.24) is 0 Å². The van der Waals surface area contributed by atoms with Gasteiger partial charge >= 0.3 is 0 Å². The average molecular weight is 229 g/mol. The molecule has 17 heavy (non-hydrogen) atoms. The van der Waals surface area contributed by atoms with Crippen LogP contribution in [0.25, 0.3) is 0 Å². The molecule has 1 radical (unpaired) electrons. The average Bonchev–Trinajstić information content (AvgIpc) is 2.86. The summed E-state index contributed by atoms with van der Waals surface area (Å²) in [5.74, 6) is 5.48. The van der Waals surface area contributed by atoms with E-state index in [0.29, 0.717) is 0 Å². The quantitative estimate of drug-likeness (QED) is 0.561. The van der Waals surface area contributed by atoms with Crippen molar-refractivity contribution >= 4 is 0 Å². The van der Waals surface area contributed by atoms with Crippen LogP contribution in [0, 0.1) is 36.0 Å². The highest BCUT2D eigenvalue weighted by Crippen LogP contribution is 2.56. The molecule has 3 saturated carbocycles. The van der Waals surface area contributed by atoms with E-state index in [2.05, 4.69) is 12.5 Å². The second-order valence-electron chi connectivity index (χ2n) is 6.96. The third-order valence-electron chi connectivity index (χ3n) is 6.42. The minimum Gasteiger partial charge on any atom is -0.0813 e. The van der Waals surface area contributed by atoms with Gasteiger partial charge < -0.3 is 0 Å². The van der Waals surface area contributed by atoms with E-state index in [9.17, 15) is 0 Å². The van der Waals surface area contributed by atoms with E-state index in [4.69, 9.17) is 0 Å². The van der Waals surface area contributed by atoms with Crippen LogP contribution in [0.5, 0.6) is 0 Å². The minimum absolute atomic E-state index is 1.00. The molecular formula is C17H25. The van der Waals surface area contributed by atoms with Crippen LogP contribution in [0.2, 0.25) is 0 Å². The third kappa shape index (κ3) is 1.63. The largest absolute Gasteiger partial charge is 0.0813 e. The van der Waals surface area contributed by atoms with Crippen LogP contribution in [0.1, 0.15) is 57.8 Å². The maximum absolute atomic E-state index is 2.49. The molecule has 3 fully saturated rings. The summed E-state index contributed by atoms with van der Waals surface area (Å²) in [4.78, 5) is 0. The zero-order valence-corrected chi connectivity index (χ0v) is 10.9.